The van der Waals surface area contributed by atoms with Crippen LogP contribution >= 0.6 is 24.0 Å². The van der Waals surface area contributed by atoms with Gasteiger partial charge in [-0.25, -0.2) is 4.39 Å². The van der Waals surface area contributed by atoms with Gasteiger partial charge in [-0.05, 0) is 36.8 Å². The highest BCUT2D eigenvalue weighted by atomic mass is 127. The number of morpholine rings is 1. The first-order chi connectivity index (χ1) is 14.2. The lowest BCUT2D eigenvalue weighted by molar-refractivity contribution is 0.122. The maximum Gasteiger partial charge on any atom is 0.191 e. The maximum absolute atomic E-state index is 14.5. The lowest BCUT2D eigenvalue weighted by atomic mass is 10.1. The lowest BCUT2D eigenvalue weighted by Gasteiger charge is -2.29. The SMILES string of the molecule is CN=C(NCCOc1ccc(C)cc1)NCc1ccc(N2CCOCC2)c(F)c1.I. The Morgan fingerprint density at radius 1 is 1.13 bits per heavy atom. The summed E-state index contributed by atoms with van der Waals surface area (Å²) in [5, 5.41) is 6.40. The van der Waals surface area contributed by atoms with Gasteiger partial charge in [0.25, 0.3) is 0 Å². The summed E-state index contributed by atoms with van der Waals surface area (Å²) in [6.07, 6.45) is 0. The molecule has 6 nitrogen and oxygen atoms in total. The van der Waals surface area contributed by atoms with Crippen LogP contribution in [-0.2, 0) is 11.3 Å². The Kier molecular flexibility index (Phi) is 10.2. The Bertz CT molecular complexity index is 811. The van der Waals surface area contributed by atoms with Gasteiger partial charge in [0.15, 0.2) is 5.96 Å². The van der Waals surface area contributed by atoms with Gasteiger partial charge in [0.1, 0.15) is 18.2 Å². The van der Waals surface area contributed by atoms with Gasteiger partial charge in [-0.1, -0.05) is 23.8 Å². The number of aryl methyl sites for hydroxylation is 1. The number of halogens is 2. The Hall–Kier alpha value is -2.07. The van der Waals surface area contributed by atoms with E-state index in [0.717, 1.165) is 24.4 Å². The first-order valence-electron chi connectivity index (χ1n) is 9.91. The maximum atomic E-state index is 14.5. The van der Waals surface area contributed by atoms with Crippen molar-refractivity contribution in [3.63, 3.8) is 0 Å². The van der Waals surface area contributed by atoms with Gasteiger partial charge in [0, 0.05) is 26.7 Å². The first-order valence-corrected chi connectivity index (χ1v) is 9.91. The third kappa shape index (κ3) is 7.32. The molecule has 8 heteroatoms. The molecule has 1 aliphatic rings. The minimum atomic E-state index is -0.208. The van der Waals surface area contributed by atoms with E-state index < -0.39 is 0 Å². The summed E-state index contributed by atoms with van der Waals surface area (Å²) < 4.78 is 25.5. The van der Waals surface area contributed by atoms with Crippen LogP contribution in [0.5, 0.6) is 5.75 Å². The molecule has 0 atom stereocenters. The summed E-state index contributed by atoms with van der Waals surface area (Å²) in [6, 6.07) is 13.3. The largest absolute Gasteiger partial charge is 0.492 e. The molecular weight excluding hydrogens is 498 g/mol. The van der Waals surface area contributed by atoms with E-state index in [2.05, 4.69) is 15.6 Å². The predicted molar refractivity (Wildman–Crippen MR) is 130 cm³/mol. The Morgan fingerprint density at radius 2 is 1.87 bits per heavy atom. The molecule has 3 rings (SSSR count). The molecule has 1 fully saturated rings. The van der Waals surface area contributed by atoms with Crippen LogP contribution in [0, 0.1) is 12.7 Å². The van der Waals surface area contributed by atoms with Crippen LogP contribution in [0.1, 0.15) is 11.1 Å². The fourth-order valence-electron chi connectivity index (χ4n) is 3.10. The average molecular weight is 528 g/mol. The minimum absolute atomic E-state index is 0. The molecule has 2 aromatic carbocycles. The number of rotatable bonds is 7. The van der Waals surface area contributed by atoms with Crippen molar-refractivity contribution in [2.24, 2.45) is 4.99 Å². The molecule has 0 unspecified atom stereocenters. The summed E-state index contributed by atoms with van der Waals surface area (Å²) in [7, 11) is 1.71. The van der Waals surface area contributed by atoms with Crippen molar-refractivity contribution in [2.45, 2.75) is 13.5 Å². The zero-order valence-electron chi connectivity index (χ0n) is 17.5. The van der Waals surface area contributed by atoms with Crippen molar-refractivity contribution in [3.05, 3.63) is 59.4 Å². The molecule has 1 aliphatic heterocycles. The third-order valence-corrected chi connectivity index (χ3v) is 4.73. The van der Waals surface area contributed by atoms with Crippen molar-refractivity contribution < 1.29 is 13.9 Å². The Morgan fingerprint density at radius 3 is 2.53 bits per heavy atom. The van der Waals surface area contributed by atoms with Gasteiger partial charge in [0.05, 0.1) is 25.4 Å². The number of benzene rings is 2. The van der Waals surface area contributed by atoms with Crippen LogP contribution in [0.15, 0.2) is 47.5 Å². The van der Waals surface area contributed by atoms with E-state index in [9.17, 15) is 4.39 Å². The zero-order chi connectivity index (χ0) is 20.5. The van der Waals surface area contributed by atoms with E-state index in [1.165, 1.54) is 5.56 Å². The Labute approximate surface area is 194 Å². The summed E-state index contributed by atoms with van der Waals surface area (Å²) in [4.78, 5) is 6.21. The number of nitrogens with one attached hydrogen (secondary N) is 2. The van der Waals surface area contributed by atoms with E-state index in [0.29, 0.717) is 44.6 Å². The number of anilines is 1. The molecule has 2 N–H and O–H groups in total. The van der Waals surface area contributed by atoms with Crippen LogP contribution in [0.3, 0.4) is 0 Å². The third-order valence-electron chi connectivity index (χ3n) is 4.73. The highest BCUT2D eigenvalue weighted by Gasteiger charge is 2.15. The quantitative estimate of drug-likeness (QED) is 0.250. The van der Waals surface area contributed by atoms with E-state index >= 15 is 0 Å². The summed E-state index contributed by atoms with van der Waals surface area (Å²) >= 11 is 0. The minimum Gasteiger partial charge on any atom is -0.492 e. The van der Waals surface area contributed by atoms with Crippen molar-refractivity contribution in [2.75, 3.05) is 51.4 Å². The number of aliphatic imine (C=N–C) groups is 1. The highest BCUT2D eigenvalue weighted by molar-refractivity contribution is 14.0. The summed E-state index contributed by atoms with van der Waals surface area (Å²) in [5.41, 5.74) is 2.70. The number of guanidine groups is 1. The van der Waals surface area contributed by atoms with Gasteiger partial charge in [0.2, 0.25) is 0 Å². The molecule has 0 aromatic heterocycles. The molecule has 0 amide bonds. The van der Waals surface area contributed by atoms with Crippen LogP contribution in [0.2, 0.25) is 0 Å². The molecule has 164 valence electrons. The predicted octanol–water partition coefficient (Wildman–Crippen LogP) is 3.33. The summed E-state index contributed by atoms with van der Waals surface area (Å²) in [6.45, 7) is 6.37. The van der Waals surface area contributed by atoms with Crippen LogP contribution in [0.4, 0.5) is 10.1 Å². The van der Waals surface area contributed by atoms with Gasteiger partial charge in [-0.3, -0.25) is 4.99 Å². The van der Waals surface area contributed by atoms with Crippen LogP contribution < -0.4 is 20.3 Å². The standard InChI is InChI=1S/C22H29FN4O2.HI/c1-17-3-6-19(7-4-17)29-12-9-25-22(24-2)26-16-18-5-8-21(20(23)15-18)27-10-13-28-14-11-27;/h3-8,15H,9-14,16H2,1-2H3,(H2,24,25,26);1H. The molecule has 2 aromatic rings. The van der Waals surface area contributed by atoms with Gasteiger partial charge in [-0.2, -0.15) is 0 Å². The van der Waals surface area contributed by atoms with E-state index in [1.807, 2.05) is 48.2 Å². The molecule has 1 heterocycles. The van der Waals surface area contributed by atoms with Gasteiger partial charge >= 0.3 is 0 Å². The van der Waals surface area contributed by atoms with E-state index in [-0.39, 0.29) is 29.8 Å². The molecule has 1 saturated heterocycles. The number of hydrogen-bond donors (Lipinski definition) is 2. The van der Waals surface area contributed by atoms with Crippen LogP contribution in [-0.4, -0.2) is 52.5 Å². The lowest BCUT2D eigenvalue weighted by Crippen LogP contribution is -2.39. The van der Waals surface area contributed by atoms with E-state index in [4.69, 9.17) is 9.47 Å². The molecule has 30 heavy (non-hydrogen) atoms. The molecule has 0 saturated carbocycles. The number of ether oxygens (including phenoxy) is 2. The van der Waals surface area contributed by atoms with Crippen LogP contribution in [0.25, 0.3) is 0 Å². The monoisotopic (exact) mass is 528 g/mol. The summed E-state index contributed by atoms with van der Waals surface area (Å²) in [5.74, 6) is 1.28. The van der Waals surface area contributed by atoms with Crippen molar-refractivity contribution >= 4 is 35.6 Å². The van der Waals surface area contributed by atoms with Crippen molar-refractivity contribution in [1.82, 2.24) is 10.6 Å². The molecule has 0 aliphatic carbocycles. The molecule has 0 radical (unpaired) electrons. The molecular formula is C22H30FIN4O2. The second-order valence-corrected chi connectivity index (χ2v) is 6.90. The fourth-order valence-corrected chi connectivity index (χ4v) is 3.10. The highest BCUT2D eigenvalue weighted by Crippen LogP contribution is 2.21. The van der Waals surface area contributed by atoms with E-state index in [1.54, 1.807) is 13.1 Å². The smallest absolute Gasteiger partial charge is 0.191 e. The zero-order valence-corrected chi connectivity index (χ0v) is 19.8. The average Bonchev–Trinajstić information content (AvgIpc) is 2.75. The van der Waals surface area contributed by atoms with Crippen molar-refractivity contribution in [3.8, 4) is 5.75 Å². The van der Waals surface area contributed by atoms with Gasteiger partial charge in [-0.15, -0.1) is 24.0 Å². The van der Waals surface area contributed by atoms with Crippen molar-refractivity contribution in [1.29, 1.82) is 0 Å². The first kappa shape index (κ1) is 24.2. The molecule has 0 spiro atoms. The van der Waals surface area contributed by atoms with Gasteiger partial charge < -0.3 is 25.0 Å². The molecule has 0 bridgehead atoms. The Balaban J connectivity index is 0.00000320. The normalized spacial score (nSPS) is 14.1. The number of nitrogens with zero attached hydrogens (tertiary/aromatic N) is 2. The topological polar surface area (TPSA) is 58.1 Å². The fraction of sp³-hybridized carbons (Fsp3) is 0.409. The second-order valence-electron chi connectivity index (χ2n) is 6.90. The second kappa shape index (κ2) is 12.6. The number of hydrogen-bond acceptors (Lipinski definition) is 4.